The molecule has 1 aromatic heterocycles. The predicted octanol–water partition coefficient (Wildman–Crippen LogP) is 3.42. The summed E-state index contributed by atoms with van der Waals surface area (Å²) in [6.45, 7) is 3.07. The molecule has 1 aromatic carbocycles. The van der Waals surface area contributed by atoms with Gasteiger partial charge in [-0.3, -0.25) is 0 Å². The molecule has 1 heterocycles. The highest BCUT2D eigenvalue weighted by atomic mass is 35.5. The molecule has 5 heteroatoms. The summed E-state index contributed by atoms with van der Waals surface area (Å²) in [7, 11) is 1.60. The molecule has 0 bridgehead atoms. The van der Waals surface area contributed by atoms with E-state index in [1.807, 2.05) is 30.3 Å². The van der Waals surface area contributed by atoms with Gasteiger partial charge >= 0.3 is 0 Å². The van der Waals surface area contributed by atoms with Gasteiger partial charge in [0.1, 0.15) is 6.33 Å². The van der Waals surface area contributed by atoms with Crippen LogP contribution in [0.3, 0.4) is 0 Å². The zero-order valence-electron chi connectivity index (χ0n) is 12.3. The normalized spacial score (nSPS) is 12.1. The van der Waals surface area contributed by atoms with E-state index in [9.17, 15) is 0 Å². The summed E-state index contributed by atoms with van der Waals surface area (Å²) in [5, 5.41) is 4.30. The van der Waals surface area contributed by atoms with Crippen molar-refractivity contribution in [3.8, 4) is 5.88 Å². The lowest BCUT2D eigenvalue weighted by Crippen LogP contribution is -2.24. The van der Waals surface area contributed by atoms with E-state index in [1.165, 1.54) is 6.33 Å². The largest absolute Gasteiger partial charge is 0.481 e. The van der Waals surface area contributed by atoms with Crippen molar-refractivity contribution >= 4 is 11.6 Å². The lowest BCUT2D eigenvalue weighted by atomic mass is 10.0. The Morgan fingerprint density at radius 1 is 1.29 bits per heavy atom. The van der Waals surface area contributed by atoms with Crippen molar-refractivity contribution < 1.29 is 4.74 Å². The molecule has 0 radical (unpaired) electrons. The second-order valence-electron chi connectivity index (χ2n) is 4.78. The van der Waals surface area contributed by atoms with Crippen LogP contribution in [0.2, 0.25) is 5.02 Å². The summed E-state index contributed by atoms with van der Waals surface area (Å²) in [6, 6.07) is 9.89. The van der Waals surface area contributed by atoms with Gasteiger partial charge in [0, 0.05) is 29.2 Å². The van der Waals surface area contributed by atoms with E-state index in [0.717, 1.165) is 35.7 Å². The zero-order chi connectivity index (χ0) is 15.1. The van der Waals surface area contributed by atoms with Crippen LogP contribution in [0.4, 0.5) is 0 Å². The van der Waals surface area contributed by atoms with Crippen LogP contribution < -0.4 is 10.1 Å². The third kappa shape index (κ3) is 4.41. The molecular weight excluding hydrogens is 286 g/mol. The maximum Gasteiger partial charge on any atom is 0.216 e. The molecular formula is C16H20ClN3O. The summed E-state index contributed by atoms with van der Waals surface area (Å²) < 4.78 is 5.15. The van der Waals surface area contributed by atoms with E-state index < -0.39 is 0 Å². The lowest BCUT2D eigenvalue weighted by Gasteiger charge is -2.20. The van der Waals surface area contributed by atoms with Gasteiger partial charge in [-0.05, 0) is 24.6 Å². The van der Waals surface area contributed by atoms with Crippen LogP contribution in [0, 0.1) is 0 Å². The van der Waals surface area contributed by atoms with Gasteiger partial charge in [-0.25, -0.2) is 9.97 Å². The van der Waals surface area contributed by atoms with Crippen LogP contribution in [0.1, 0.15) is 30.6 Å². The molecule has 0 spiro atoms. The quantitative estimate of drug-likeness (QED) is 0.851. The molecule has 112 valence electrons. The van der Waals surface area contributed by atoms with Crippen LogP contribution in [0.15, 0.2) is 36.7 Å². The topological polar surface area (TPSA) is 47.0 Å². The van der Waals surface area contributed by atoms with Gasteiger partial charge < -0.3 is 10.1 Å². The summed E-state index contributed by atoms with van der Waals surface area (Å²) >= 11 is 6.33. The van der Waals surface area contributed by atoms with Gasteiger partial charge in [-0.1, -0.05) is 36.7 Å². The average Bonchev–Trinajstić information content (AvgIpc) is 2.52. The second kappa shape index (κ2) is 7.96. The van der Waals surface area contributed by atoms with Crippen molar-refractivity contribution in [2.45, 2.75) is 25.8 Å². The maximum absolute atomic E-state index is 6.33. The highest BCUT2D eigenvalue weighted by Gasteiger charge is 2.15. The fourth-order valence-corrected chi connectivity index (χ4v) is 2.45. The summed E-state index contributed by atoms with van der Waals surface area (Å²) in [6.07, 6.45) is 3.33. The Hall–Kier alpha value is -1.65. The molecule has 1 unspecified atom stereocenters. The van der Waals surface area contributed by atoms with E-state index in [4.69, 9.17) is 16.3 Å². The molecule has 2 aromatic rings. The number of aromatic nitrogens is 2. The fraction of sp³-hybridized carbons (Fsp3) is 0.375. The number of methoxy groups -OCH3 is 1. The average molecular weight is 306 g/mol. The number of hydrogen-bond acceptors (Lipinski definition) is 4. The van der Waals surface area contributed by atoms with Gasteiger partial charge in [0.25, 0.3) is 0 Å². The Bertz CT molecular complexity index is 577. The van der Waals surface area contributed by atoms with Crippen LogP contribution in [0.25, 0.3) is 0 Å². The Morgan fingerprint density at radius 3 is 2.81 bits per heavy atom. The van der Waals surface area contributed by atoms with Crippen molar-refractivity contribution in [2.24, 2.45) is 0 Å². The number of nitrogens with one attached hydrogen (secondary N) is 1. The van der Waals surface area contributed by atoms with Gasteiger partial charge in [-0.2, -0.15) is 0 Å². The number of rotatable bonds is 7. The number of halogens is 1. The van der Waals surface area contributed by atoms with Crippen molar-refractivity contribution in [1.82, 2.24) is 15.3 Å². The molecule has 0 aliphatic heterocycles. The molecule has 2 rings (SSSR count). The summed E-state index contributed by atoms with van der Waals surface area (Å²) in [5.74, 6) is 0.577. The van der Waals surface area contributed by atoms with Crippen molar-refractivity contribution in [3.05, 3.63) is 52.9 Å². The second-order valence-corrected chi connectivity index (χ2v) is 5.19. The number of ether oxygens (including phenoxy) is 1. The molecule has 0 aliphatic carbocycles. The Balaban J connectivity index is 2.21. The molecule has 1 N–H and O–H groups in total. The molecule has 1 atom stereocenters. The Morgan fingerprint density at radius 2 is 2.10 bits per heavy atom. The third-order valence-electron chi connectivity index (χ3n) is 3.24. The minimum absolute atomic E-state index is 0.123. The predicted molar refractivity (Wildman–Crippen MR) is 84.8 cm³/mol. The van der Waals surface area contributed by atoms with E-state index in [1.54, 1.807) is 7.11 Å². The first-order chi connectivity index (χ1) is 10.2. The number of benzene rings is 1. The highest BCUT2D eigenvalue weighted by Crippen LogP contribution is 2.25. The molecule has 0 saturated carbocycles. The molecule has 0 saturated heterocycles. The first-order valence-electron chi connectivity index (χ1n) is 7.07. The van der Waals surface area contributed by atoms with Gasteiger partial charge in [0.15, 0.2) is 0 Å². The standard InChI is InChI=1S/C16H20ClN3O/c1-3-8-18-15(13-6-4-5-7-14(13)17)9-12-10-16(21-2)20-11-19-12/h4-7,10-11,15,18H,3,8-9H2,1-2H3. The molecule has 0 amide bonds. The third-order valence-corrected chi connectivity index (χ3v) is 3.59. The van der Waals surface area contributed by atoms with Crippen LogP contribution in [-0.2, 0) is 6.42 Å². The summed E-state index contributed by atoms with van der Waals surface area (Å²) in [5.41, 5.74) is 2.01. The first-order valence-corrected chi connectivity index (χ1v) is 7.45. The summed E-state index contributed by atoms with van der Waals surface area (Å²) in [4.78, 5) is 8.35. The molecule has 4 nitrogen and oxygen atoms in total. The number of nitrogens with zero attached hydrogens (tertiary/aromatic N) is 2. The first kappa shape index (κ1) is 15.7. The van der Waals surface area contributed by atoms with E-state index in [0.29, 0.717) is 5.88 Å². The monoisotopic (exact) mass is 305 g/mol. The highest BCUT2D eigenvalue weighted by molar-refractivity contribution is 6.31. The number of hydrogen-bond donors (Lipinski definition) is 1. The molecule has 0 fully saturated rings. The van der Waals surface area contributed by atoms with E-state index >= 15 is 0 Å². The van der Waals surface area contributed by atoms with Crippen LogP contribution in [-0.4, -0.2) is 23.6 Å². The fourth-order valence-electron chi connectivity index (χ4n) is 2.18. The van der Waals surface area contributed by atoms with E-state index in [2.05, 4.69) is 22.2 Å². The van der Waals surface area contributed by atoms with Crippen molar-refractivity contribution in [2.75, 3.05) is 13.7 Å². The Labute approximate surface area is 130 Å². The smallest absolute Gasteiger partial charge is 0.216 e. The van der Waals surface area contributed by atoms with E-state index in [-0.39, 0.29) is 6.04 Å². The van der Waals surface area contributed by atoms with Crippen molar-refractivity contribution in [3.63, 3.8) is 0 Å². The van der Waals surface area contributed by atoms with Gasteiger partial charge in [-0.15, -0.1) is 0 Å². The Kier molecular flexibility index (Phi) is 5.96. The van der Waals surface area contributed by atoms with Crippen molar-refractivity contribution in [1.29, 1.82) is 0 Å². The van der Waals surface area contributed by atoms with Crippen LogP contribution >= 0.6 is 11.6 Å². The molecule has 21 heavy (non-hydrogen) atoms. The minimum atomic E-state index is 0.123. The maximum atomic E-state index is 6.33. The van der Waals surface area contributed by atoms with Gasteiger partial charge in [0.05, 0.1) is 7.11 Å². The van der Waals surface area contributed by atoms with Crippen LogP contribution in [0.5, 0.6) is 5.88 Å². The van der Waals surface area contributed by atoms with Gasteiger partial charge in [0.2, 0.25) is 5.88 Å². The molecule has 0 aliphatic rings. The minimum Gasteiger partial charge on any atom is -0.481 e. The lowest BCUT2D eigenvalue weighted by molar-refractivity contribution is 0.395. The zero-order valence-corrected chi connectivity index (χ0v) is 13.1. The SMILES string of the molecule is CCCNC(Cc1cc(OC)ncn1)c1ccccc1Cl.